The lowest BCUT2D eigenvalue weighted by Gasteiger charge is -2.15. The van der Waals surface area contributed by atoms with Gasteiger partial charge in [-0.25, -0.2) is 0 Å². The molecule has 0 aromatic heterocycles. The summed E-state index contributed by atoms with van der Waals surface area (Å²) in [5, 5.41) is 11.2. The lowest BCUT2D eigenvalue weighted by molar-refractivity contribution is 0.0945. The molecule has 2 unspecified atom stereocenters. The van der Waals surface area contributed by atoms with E-state index in [4.69, 9.17) is 27.9 Å². The van der Waals surface area contributed by atoms with Crippen LogP contribution in [-0.4, -0.2) is 17.8 Å². The second kappa shape index (κ2) is 6.76. The van der Waals surface area contributed by atoms with E-state index in [0.717, 1.165) is 32.3 Å². The van der Waals surface area contributed by atoms with Gasteiger partial charge in [-0.05, 0) is 44.2 Å². The zero-order chi connectivity index (χ0) is 13.0. The highest BCUT2D eigenvalue weighted by Crippen LogP contribution is 2.33. The molecule has 4 heteroatoms. The van der Waals surface area contributed by atoms with Crippen LogP contribution >= 0.6 is 23.2 Å². The summed E-state index contributed by atoms with van der Waals surface area (Å²) >= 11 is 12.1. The van der Waals surface area contributed by atoms with Crippen LogP contribution in [0.25, 0.3) is 0 Å². The number of aliphatic hydroxyl groups excluding tert-OH is 1. The minimum absolute atomic E-state index is 0.374. The predicted molar refractivity (Wildman–Crippen MR) is 74.2 cm³/mol. The van der Waals surface area contributed by atoms with Crippen LogP contribution < -0.4 is 0 Å². The molecule has 1 aromatic carbocycles. The standard InChI is InChI=1S/C14H18Cl2O2/c15-11-6-2-7-12(16)14(11)13(17)8-1-4-10-5-3-9-18-10/h2,6-7,10,13,17H,1,3-5,8-9H2. The van der Waals surface area contributed by atoms with Crippen molar-refractivity contribution in [2.45, 2.75) is 44.3 Å². The molecule has 100 valence electrons. The maximum atomic E-state index is 10.1. The third kappa shape index (κ3) is 3.61. The Kier molecular flexibility index (Phi) is 5.31. The number of rotatable bonds is 5. The highest BCUT2D eigenvalue weighted by atomic mass is 35.5. The SMILES string of the molecule is OC(CCCC1CCCO1)c1c(Cl)cccc1Cl. The molecule has 0 saturated carbocycles. The first-order valence-electron chi connectivity index (χ1n) is 6.42. The Morgan fingerprint density at radius 1 is 1.33 bits per heavy atom. The minimum Gasteiger partial charge on any atom is -0.388 e. The van der Waals surface area contributed by atoms with Crippen molar-refractivity contribution < 1.29 is 9.84 Å². The molecular formula is C14H18Cl2O2. The lowest BCUT2D eigenvalue weighted by atomic mass is 10.0. The maximum Gasteiger partial charge on any atom is 0.0819 e. The summed E-state index contributed by atoms with van der Waals surface area (Å²) in [5.41, 5.74) is 0.646. The molecule has 1 N–H and O–H groups in total. The van der Waals surface area contributed by atoms with Crippen molar-refractivity contribution in [2.75, 3.05) is 6.61 Å². The van der Waals surface area contributed by atoms with Crippen molar-refractivity contribution >= 4 is 23.2 Å². The van der Waals surface area contributed by atoms with Crippen LogP contribution in [0.4, 0.5) is 0 Å². The smallest absolute Gasteiger partial charge is 0.0819 e. The number of halogens is 2. The molecule has 18 heavy (non-hydrogen) atoms. The molecule has 1 aromatic rings. The molecule has 0 spiro atoms. The van der Waals surface area contributed by atoms with Crippen LogP contribution in [0.3, 0.4) is 0 Å². The summed E-state index contributed by atoms with van der Waals surface area (Å²) in [6, 6.07) is 5.30. The van der Waals surface area contributed by atoms with Crippen LogP contribution in [0.2, 0.25) is 10.0 Å². The summed E-state index contributed by atoms with van der Waals surface area (Å²) < 4.78 is 5.55. The molecular weight excluding hydrogens is 271 g/mol. The van der Waals surface area contributed by atoms with Crippen molar-refractivity contribution in [1.29, 1.82) is 0 Å². The molecule has 1 fully saturated rings. The van der Waals surface area contributed by atoms with E-state index in [1.54, 1.807) is 18.2 Å². The van der Waals surface area contributed by atoms with Gasteiger partial charge in [-0.15, -0.1) is 0 Å². The van der Waals surface area contributed by atoms with Gasteiger partial charge in [0.25, 0.3) is 0 Å². The van der Waals surface area contributed by atoms with Gasteiger partial charge in [0.2, 0.25) is 0 Å². The average Bonchev–Trinajstić information content (AvgIpc) is 2.82. The largest absolute Gasteiger partial charge is 0.388 e. The Morgan fingerprint density at radius 3 is 2.67 bits per heavy atom. The van der Waals surface area contributed by atoms with E-state index in [9.17, 15) is 5.11 Å². The zero-order valence-corrected chi connectivity index (χ0v) is 11.8. The average molecular weight is 289 g/mol. The fraction of sp³-hybridized carbons (Fsp3) is 0.571. The maximum absolute atomic E-state index is 10.1. The van der Waals surface area contributed by atoms with Crippen LogP contribution in [0.15, 0.2) is 18.2 Å². The van der Waals surface area contributed by atoms with E-state index >= 15 is 0 Å². The van der Waals surface area contributed by atoms with E-state index < -0.39 is 6.10 Å². The molecule has 2 nitrogen and oxygen atoms in total. The summed E-state index contributed by atoms with van der Waals surface area (Å²) in [6.07, 6.45) is 4.68. The Morgan fingerprint density at radius 2 is 2.06 bits per heavy atom. The number of hydrogen-bond donors (Lipinski definition) is 1. The molecule has 2 atom stereocenters. The molecule has 0 amide bonds. The van der Waals surface area contributed by atoms with E-state index in [-0.39, 0.29) is 0 Å². The van der Waals surface area contributed by atoms with Crippen LogP contribution in [0.5, 0.6) is 0 Å². The number of ether oxygens (including phenoxy) is 1. The highest BCUT2D eigenvalue weighted by Gasteiger charge is 2.18. The fourth-order valence-electron chi connectivity index (χ4n) is 2.38. The predicted octanol–water partition coefficient (Wildman–Crippen LogP) is 4.38. The Labute approximate surface area is 118 Å². The molecule has 1 heterocycles. The third-order valence-corrected chi connectivity index (χ3v) is 4.02. The quantitative estimate of drug-likeness (QED) is 0.871. The van der Waals surface area contributed by atoms with Gasteiger partial charge < -0.3 is 9.84 Å². The second-order valence-corrected chi connectivity index (χ2v) is 5.53. The monoisotopic (exact) mass is 288 g/mol. The topological polar surface area (TPSA) is 29.5 Å². The van der Waals surface area contributed by atoms with E-state index in [0.29, 0.717) is 28.1 Å². The van der Waals surface area contributed by atoms with Crippen molar-refractivity contribution in [3.05, 3.63) is 33.8 Å². The first-order chi connectivity index (χ1) is 8.68. The van der Waals surface area contributed by atoms with Gasteiger partial charge in [0, 0.05) is 22.2 Å². The Hall–Kier alpha value is -0.280. The molecule has 2 rings (SSSR count). The third-order valence-electron chi connectivity index (χ3n) is 3.36. The zero-order valence-electron chi connectivity index (χ0n) is 10.2. The minimum atomic E-state index is -0.590. The second-order valence-electron chi connectivity index (χ2n) is 4.72. The number of aliphatic hydroxyl groups is 1. The molecule has 0 radical (unpaired) electrons. The van der Waals surface area contributed by atoms with Crippen LogP contribution in [-0.2, 0) is 4.74 Å². The van der Waals surface area contributed by atoms with Crippen molar-refractivity contribution in [1.82, 2.24) is 0 Å². The Bertz CT molecular complexity index is 369. The van der Waals surface area contributed by atoms with Gasteiger partial charge in [-0.1, -0.05) is 29.3 Å². The van der Waals surface area contributed by atoms with Gasteiger partial charge in [0.15, 0.2) is 0 Å². The van der Waals surface area contributed by atoms with Gasteiger partial charge in [0.05, 0.1) is 12.2 Å². The highest BCUT2D eigenvalue weighted by molar-refractivity contribution is 6.36. The van der Waals surface area contributed by atoms with Crippen molar-refractivity contribution in [2.24, 2.45) is 0 Å². The number of benzene rings is 1. The lowest BCUT2D eigenvalue weighted by Crippen LogP contribution is -2.06. The molecule has 0 aliphatic carbocycles. The normalized spacial score (nSPS) is 21.2. The summed E-state index contributed by atoms with van der Waals surface area (Å²) in [6.45, 7) is 0.879. The van der Waals surface area contributed by atoms with Crippen LogP contribution in [0, 0.1) is 0 Å². The molecule has 1 saturated heterocycles. The Balaban J connectivity index is 1.85. The van der Waals surface area contributed by atoms with Gasteiger partial charge >= 0.3 is 0 Å². The van der Waals surface area contributed by atoms with Crippen molar-refractivity contribution in [3.8, 4) is 0 Å². The van der Waals surface area contributed by atoms with Gasteiger partial charge in [-0.3, -0.25) is 0 Å². The molecule has 1 aliphatic heterocycles. The van der Waals surface area contributed by atoms with Crippen LogP contribution in [0.1, 0.15) is 43.8 Å². The first kappa shape index (κ1) is 14.1. The fourth-order valence-corrected chi connectivity index (χ4v) is 3.03. The van der Waals surface area contributed by atoms with E-state index in [2.05, 4.69) is 0 Å². The molecule has 0 bridgehead atoms. The first-order valence-corrected chi connectivity index (χ1v) is 7.17. The van der Waals surface area contributed by atoms with E-state index in [1.807, 2.05) is 0 Å². The summed E-state index contributed by atoms with van der Waals surface area (Å²) in [5.74, 6) is 0. The van der Waals surface area contributed by atoms with Gasteiger partial charge in [0.1, 0.15) is 0 Å². The van der Waals surface area contributed by atoms with E-state index in [1.165, 1.54) is 0 Å². The summed E-state index contributed by atoms with van der Waals surface area (Å²) in [4.78, 5) is 0. The molecule has 1 aliphatic rings. The van der Waals surface area contributed by atoms with Gasteiger partial charge in [-0.2, -0.15) is 0 Å². The number of hydrogen-bond acceptors (Lipinski definition) is 2. The summed E-state index contributed by atoms with van der Waals surface area (Å²) in [7, 11) is 0. The van der Waals surface area contributed by atoms with Crippen molar-refractivity contribution in [3.63, 3.8) is 0 Å².